The summed E-state index contributed by atoms with van der Waals surface area (Å²) in [6.45, 7) is 7.49. The number of aryl methyl sites for hydroxylation is 2. The van der Waals surface area contributed by atoms with Gasteiger partial charge in [0.05, 0.1) is 34.8 Å². The van der Waals surface area contributed by atoms with Gasteiger partial charge in [0.2, 0.25) is 0 Å². The lowest BCUT2D eigenvalue weighted by Gasteiger charge is -2.05. The van der Waals surface area contributed by atoms with E-state index in [0.717, 1.165) is 27.9 Å². The van der Waals surface area contributed by atoms with Gasteiger partial charge in [0.25, 0.3) is 0 Å². The fourth-order valence-corrected chi connectivity index (χ4v) is 3.53. The van der Waals surface area contributed by atoms with E-state index in [1.165, 1.54) is 0 Å². The molecule has 4 heterocycles. The van der Waals surface area contributed by atoms with E-state index in [1.807, 2.05) is 39.0 Å². The number of rotatable bonds is 4. The van der Waals surface area contributed by atoms with Crippen LogP contribution in [0.1, 0.15) is 36.7 Å². The van der Waals surface area contributed by atoms with Gasteiger partial charge in [0, 0.05) is 35.1 Å². The average Bonchev–Trinajstić information content (AvgIpc) is 3.25. The van der Waals surface area contributed by atoms with Gasteiger partial charge in [-0.05, 0) is 45.4 Å². The Hall–Kier alpha value is -3.99. The maximum absolute atomic E-state index is 10.5. The Kier molecular flexibility index (Phi) is 4.80. The van der Waals surface area contributed by atoms with Crippen molar-refractivity contribution in [3.05, 3.63) is 53.6 Å². The summed E-state index contributed by atoms with van der Waals surface area (Å²) in [6.07, 6.45) is 5.22. The zero-order valence-electron chi connectivity index (χ0n) is 17.2. The first-order valence-corrected chi connectivity index (χ1v) is 9.52. The number of pyridine rings is 2. The molecule has 0 spiro atoms. The van der Waals surface area contributed by atoms with Gasteiger partial charge in [-0.2, -0.15) is 10.4 Å². The van der Waals surface area contributed by atoms with Crippen molar-refractivity contribution in [3.63, 3.8) is 0 Å². The molecule has 2 N–H and O–H groups in total. The summed E-state index contributed by atoms with van der Waals surface area (Å²) in [6, 6.07) is 7.46. The van der Waals surface area contributed by atoms with E-state index < -0.39 is 0 Å². The average molecular weight is 399 g/mol. The highest BCUT2D eigenvalue weighted by Gasteiger charge is 2.17. The molecule has 0 aliphatic rings. The van der Waals surface area contributed by atoms with Crippen molar-refractivity contribution >= 4 is 22.4 Å². The quantitative estimate of drug-likeness (QED) is 0.494. The molecule has 0 amide bonds. The Morgan fingerprint density at radius 2 is 2.10 bits per heavy atom. The number of fused-ring (bicyclic) bond motifs is 1. The number of aromatic nitrogens is 5. The molecule has 1 unspecified atom stereocenters. The first kappa shape index (κ1) is 19.3. The predicted octanol–water partition coefficient (Wildman–Crippen LogP) is 4.37. The summed E-state index contributed by atoms with van der Waals surface area (Å²) in [5.74, 6) is 0.507. The molecule has 0 bridgehead atoms. The van der Waals surface area contributed by atoms with Gasteiger partial charge >= 0.3 is 0 Å². The van der Waals surface area contributed by atoms with E-state index >= 15 is 0 Å². The fraction of sp³-hybridized carbons (Fsp3) is 0.227. The Morgan fingerprint density at radius 3 is 2.83 bits per heavy atom. The van der Waals surface area contributed by atoms with Crippen molar-refractivity contribution in [2.75, 3.05) is 0 Å². The molecule has 0 saturated heterocycles. The van der Waals surface area contributed by atoms with E-state index in [9.17, 15) is 5.11 Å². The third-order valence-corrected chi connectivity index (χ3v) is 5.09. The van der Waals surface area contributed by atoms with Crippen molar-refractivity contribution < 1.29 is 5.11 Å². The fourth-order valence-electron chi connectivity index (χ4n) is 3.53. The predicted molar refractivity (Wildman–Crippen MR) is 115 cm³/mol. The van der Waals surface area contributed by atoms with Crippen LogP contribution in [-0.2, 0) is 0 Å². The van der Waals surface area contributed by atoms with Crippen molar-refractivity contribution in [1.29, 1.82) is 5.26 Å². The van der Waals surface area contributed by atoms with E-state index in [1.54, 1.807) is 30.2 Å². The van der Waals surface area contributed by atoms with E-state index in [2.05, 4.69) is 31.1 Å². The SMILES string of the molecule is CC(=Nc1cc(C)n(C(C)C#N)n1)c1c(O)[nH]c2cnc(-c3cnccc3C)cc12. The summed E-state index contributed by atoms with van der Waals surface area (Å²) in [7, 11) is 0. The van der Waals surface area contributed by atoms with Crippen molar-refractivity contribution in [1.82, 2.24) is 24.7 Å². The lowest BCUT2D eigenvalue weighted by Crippen LogP contribution is -2.06. The Bertz CT molecular complexity index is 1320. The molecule has 0 aromatic carbocycles. The Labute approximate surface area is 173 Å². The third-order valence-electron chi connectivity index (χ3n) is 5.09. The summed E-state index contributed by atoms with van der Waals surface area (Å²) in [5, 5.41) is 24.9. The van der Waals surface area contributed by atoms with Gasteiger partial charge in [0.15, 0.2) is 11.7 Å². The van der Waals surface area contributed by atoms with Crippen LogP contribution in [0.4, 0.5) is 5.82 Å². The van der Waals surface area contributed by atoms with Gasteiger partial charge in [-0.25, -0.2) is 4.99 Å². The monoisotopic (exact) mass is 399 g/mol. The second-order valence-electron chi connectivity index (χ2n) is 7.25. The molecule has 1 atom stereocenters. The van der Waals surface area contributed by atoms with Crippen LogP contribution in [0, 0.1) is 25.2 Å². The molecule has 4 rings (SSSR count). The number of aromatic hydroxyl groups is 1. The van der Waals surface area contributed by atoms with Crippen LogP contribution in [-0.4, -0.2) is 35.6 Å². The number of hydrogen-bond donors (Lipinski definition) is 2. The molecule has 150 valence electrons. The first-order valence-electron chi connectivity index (χ1n) is 9.52. The van der Waals surface area contributed by atoms with Gasteiger partial charge in [-0.15, -0.1) is 0 Å². The summed E-state index contributed by atoms with van der Waals surface area (Å²) in [5.41, 5.74) is 5.52. The number of nitrogens with zero attached hydrogens (tertiary/aromatic N) is 6. The third kappa shape index (κ3) is 3.31. The van der Waals surface area contributed by atoms with E-state index in [0.29, 0.717) is 22.6 Å². The minimum absolute atomic E-state index is 0.0228. The van der Waals surface area contributed by atoms with Crippen LogP contribution in [0.25, 0.3) is 22.2 Å². The number of hydrogen-bond acceptors (Lipinski definition) is 6. The highest BCUT2D eigenvalue weighted by atomic mass is 16.3. The second-order valence-corrected chi connectivity index (χ2v) is 7.25. The number of aromatic amines is 1. The van der Waals surface area contributed by atoms with Crippen LogP contribution in [0.2, 0.25) is 0 Å². The van der Waals surface area contributed by atoms with Gasteiger partial charge in [-0.3, -0.25) is 14.6 Å². The van der Waals surface area contributed by atoms with E-state index in [4.69, 9.17) is 5.26 Å². The van der Waals surface area contributed by atoms with Crippen LogP contribution >= 0.6 is 0 Å². The van der Waals surface area contributed by atoms with E-state index in [-0.39, 0.29) is 11.9 Å². The van der Waals surface area contributed by atoms with Crippen molar-refractivity contribution in [2.24, 2.45) is 4.99 Å². The van der Waals surface area contributed by atoms with Gasteiger partial charge in [0.1, 0.15) is 6.04 Å². The lowest BCUT2D eigenvalue weighted by molar-refractivity contribution is 0.457. The molecule has 4 aromatic rings. The van der Waals surface area contributed by atoms with Crippen molar-refractivity contribution in [2.45, 2.75) is 33.7 Å². The minimum Gasteiger partial charge on any atom is -0.494 e. The maximum atomic E-state index is 10.5. The smallest absolute Gasteiger partial charge is 0.198 e. The molecule has 8 heteroatoms. The Morgan fingerprint density at radius 1 is 1.30 bits per heavy atom. The standard InChI is InChI=1S/C22H21N7O/c1-12-5-6-24-10-17(12)18-8-16-19(11-25-18)27-22(30)21(16)15(4)26-20-7-13(2)29(28-20)14(3)9-23/h5-8,10-11,14,27,30H,1-4H3. The molecule has 0 saturated carbocycles. The van der Waals surface area contributed by atoms with Crippen LogP contribution < -0.4 is 0 Å². The maximum Gasteiger partial charge on any atom is 0.198 e. The summed E-state index contributed by atoms with van der Waals surface area (Å²) in [4.78, 5) is 16.3. The number of H-pyrrole nitrogens is 1. The molecule has 0 aliphatic carbocycles. The van der Waals surface area contributed by atoms with Crippen LogP contribution in [0.15, 0.2) is 41.8 Å². The molecule has 4 aromatic heterocycles. The second kappa shape index (κ2) is 7.44. The molecule has 0 aliphatic heterocycles. The topological polar surface area (TPSA) is 116 Å². The number of aliphatic imine (C=N–C) groups is 1. The number of nitrogens with one attached hydrogen (secondary N) is 1. The molecule has 0 fully saturated rings. The van der Waals surface area contributed by atoms with Crippen LogP contribution in [0.5, 0.6) is 5.88 Å². The largest absolute Gasteiger partial charge is 0.494 e. The van der Waals surface area contributed by atoms with Crippen LogP contribution in [0.3, 0.4) is 0 Å². The Balaban J connectivity index is 1.81. The highest BCUT2D eigenvalue weighted by molar-refractivity contribution is 6.13. The molecule has 30 heavy (non-hydrogen) atoms. The summed E-state index contributed by atoms with van der Waals surface area (Å²) < 4.78 is 1.63. The number of nitriles is 1. The molecule has 8 nitrogen and oxygen atoms in total. The minimum atomic E-state index is -0.382. The van der Waals surface area contributed by atoms with Crippen molar-refractivity contribution in [3.8, 4) is 23.2 Å². The first-order chi connectivity index (χ1) is 14.4. The van der Waals surface area contributed by atoms with Gasteiger partial charge in [-0.1, -0.05) is 0 Å². The lowest BCUT2D eigenvalue weighted by atomic mass is 10.0. The molecular formula is C22H21N7O. The molecule has 0 radical (unpaired) electrons. The van der Waals surface area contributed by atoms with Gasteiger partial charge < -0.3 is 10.1 Å². The molecular weight excluding hydrogens is 378 g/mol. The highest BCUT2D eigenvalue weighted by Crippen LogP contribution is 2.32. The summed E-state index contributed by atoms with van der Waals surface area (Å²) >= 11 is 0. The zero-order valence-corrected chi connectivity index (χ0v) is 17.2. The zero-order chi connectivity index (χ0) is 21.4. The normalized spacial score (nSPS) is 12.8.